The summed E-state index contributed by atoms with van der Waals surface area (Å²) in [6, 6.07) is 0. The molecule has 0 saturated carbocycles. The number of ether oxygens (including phenoxy) is 1. The van der Waals surface area contributed by atoms with Crippen LogP contribution in [0.5, 0.6) is 0 Å². The van der Waals surface area contributed by atoms with Crippen molar-refractivity contribution in [3.63, 3.8) is 0 Å². The van der Waals surface area contributed by atoms with E-state index in [0.717, 1.165) is 12.8 Å². The second-order valence-corrected chi connectivity index (χ2v) is 1.39. The van der Waals surface area contributed by atoms with E-state index in [1.54, 1.807) is 0 Å². The van der Waals surface area contributed by atoms with Crippen molar-refractivity contribution in [1.82, 2.24) is 0 Å². The minimum atomic E-state index is 0.409. The van der Waals surface area contributed by atoms with E-state index in [4.69, 9.17) is 0 Å². The van der Waals surface area contributed by atoms with E-state index in [-0.39, 0.29) is 0 Å². The first-order valence-corrected chi connectivity index (χ1v) is 2.66. The minimum absolute atomic E-state index is 0.409. The Bertz CT molecular complexity index is 76.6. The Morgan fingerprint density at radius 1 is 1.62 bits per heavy atom. The predicted molar refractivity (Wildman–Crippen MR) is 31.2 cm³/mol. The van der Waals surface area contributed by atoms with Gasteiger partial charge < -0.3 is 4.74 Å². The van der Waals surface area contributed by atoms with Crippen LogP contribution in [0.15, 0.2) is 12.3 Å². The lowest BCUT2D eigenvalue weighted by molar-refractivity contribution is -0.123. The molecule has 0 spiro atoms. The largest absolute Gasteiger partial charge is 0.437 e. The fourth-order valence-electron chi connectivity index (χ4n) is 0.322. The quantitative estimate of drug-likeness (QED) is 0.408. The van der Waals surface area contributed by atoms with Crippen LogP contribution in [0.4, 0.5) is 0 Å². The van der Waals surface area contributed by atoms with Crippen LogP contribution in [0.1, 0.15) is 19.8 Å². The average molecular weight is 114 g/mol. The number of carbonyl (C=O) groups excluding carboxylic acids is 1. The Hall–Kier alpha value is -0.790. The number of hydrogen-bond donors (Lipinski definition) is 0. The van der Waals surface area contributed by atoms with Gasteiger partial charge in [0, 0.05) is 0 Å². The molecule has 0 aromatic rings. The summed E-state index contributed by atoms with van der Waals surface area (Å²) in [6.07, 6.45) is 5.26. The van der Waals surface area contributed by atoms with Crippen LogP contribution in [-0.2, 0) is 9.53 Å². The van der Waals surface area contributed by atoms with E-state index in [9.17, 15) is 4.79 Å². The van der Waals surface area contributed by atoms with Gasteiger partial charge in [0.05, 0.1) is 6.26 Å². The molecule has 0 fully saturated rings. The highest BCUT2D eigenvalue weighted by atomic mass is 16.5. The van der Waals surface area contributed by atoms with Gasteiger partial charge in [-0.15, -0.1) is 0 Å². The Balaban J connectivity index is 2.94. The highest BCUT2D eigenvalue weighted by molar-refractivity contribution is 5.38. The van der Waals surface area contributed by atoms with Crippen molar-refractivity contribution in [2.45, 2.75) is 19.8 Å². The molecule has 0 aromatic carbocycles. The maximum Gasteiger partial charge on any atom is 0.297 e. The van der Waals surface area contributed by atoms with Crippen LogP contribution in [0.25, 0.3) is 0 Å². The SMILES string of the molecule is CCCC=COC=O. The molecule has 46 valence electrons. The van der Waals surface area contributed by atoms with Gasteiger partial charge in [-0.1, -0.05) is 13.3 Å². The van der Waals surface area contributed by atoms with Crippen molar-refractivity contribution in [1.29, 1.82) is 0 Å². The molecule has 0 atom stereocenters. The zero-order valence-electron chi connectivity index (χ0n) is 4.96. The molecular weight excluding hydrogens is 104 g/mol. The third kappa shape index (κ3) is 5.21. The molecule has 2 heteroatoms. The van der Waals surface area contributed by atoms with Gasteiger partial charge in [0.25, 0.3) is 6.47 Å². The summed E-state index contributed by atoms with van der Waals surface area (Å²) in [4.78, 5) is 9.49. The monoisotopic (exact) mass is 114 g/mol. The predicted octanol–water partition coefficient (Wildman–Crippen LogP) is 1.47. The Labute approximate surface area is 49.1 Å². The minimum Gasteiger partial charge on any atom is -0.437 e. The van der Waals surface area contributed by atoms with Gasteiger partial charge in [-0.3, -0.25) is 4.79 Å². The van der Waals surface area contributed by atoms with Gasteiger partial charge in [-0.25, -0.2) is 0 Å². The van der Waals surface area contributed by atoms with Crippen molar-refractivity contribution >= 4 is 6.47 Å². The highest BCUT2D eigenvalue weighted by Crippen LogP contribution is 1.86. The molecule has 0 rings (SSSR count). The molecular formula is C6H10O2. The first kappa shape index (κ1) is 7.21. The highest BCUT2D eigenvalue weighted by Gasteiger charge is 1.70. The molecule has 0 unspecified atom stereocenters. The van der Waals surface area contributed by atoms with Crippen LogP contribution in [0.3, 0.4) is 0 Å². The van der Waals surface area contributed by atoms with Crippen LogP contribution < -0.4 is 0 Å². The summed E-state index contributed by atoms with van der Waals surface area (Å²) >= 11 is 0. The standard InChI is InChI=1S/C6H10O2/c1-2-3-4-5-8-6-7/h4-6H,2-3H2,1H3. The zero-order valence-corrected chi connectivity index (χ0v) is 4.96. The maximum absolute atomic E-state index is 9.49. The molecule has 0 amide bonds. The van der Waals surface area contributed by atoms with Crippen LogP contribution >= 0.6 is 0 Å². The Morgan fingerprint density at radius 2 is 2.38 bits per heavy atom. The maximum atomic E-state index is 9.49. The second-order valence-electron chi connectivity index (χ2n) is 1.39. The molecule has 0 heterocycles. The summed E-state index contributed by atoms with van der Waals surface area (Å²) in [5, 5.41) is 0. The summed E-state index contributed by atoms with van der Waals surface area (Å²) in [7, 11) is 0. The molecule has 0 aliphatic heterocycles. The molecule has 0 N–H and O–H groups in total. The van der Waals surface area contributed by atoms with Crippen molar-refractivity contribution in [3.05, 3.63) is 12.3 Å². The third-order valence-electron chi connectivity index (χ3n) is 0.686. The second kappa shape index (κ2) is 6.21. The van der Waals surface area contributed by atoms with Gasteiger partial charge in [-0.05, 0) is 12.5 Å². The number of rotatable bonds is 4. The van der Waals surface area contributed by atoms with Gasteiger partial charge in [0.15, 0.2) is 0 Å². The van der Waals surface area contributed by atoms with E-state index in [2.05, 4.69) is 11.7 Å². The molecule has 0 radical (unpaired) electrons. The number of allylic oxidation sites excluding steroid dienone is 1. The van der Waals surface area contributed by atoms with Gasteiger partial charge in [0.2, 0.25) is 0 Å². The van der Waals surface area contributed by atoms with Crippen LogP contribution in [0.2, 0.25) is 0 Å². The van der Waals surface area contributed by atoms with Crippen molar-refractivity contribution in [2.24, 2.45) is 0 Å². The molecule has 0 saturated heterocycles. The van der Waals surface area contributed by atoms with E-state index >= 15 is 0 Å². The summed E-state index contributed by atoms with van der Waals surface area (Å²) < 4.78 is 4.27. The lowest BCUT2D eigenvalue weighted by atomic mass is 10.3. The molecule has 8 heavy (non-hydrogen) atoms. The molecule has 0 aliphatic carbocycles. The lowest BCUT2D eigenvalue weighted by Crippen LogP contribution is -1.71. The summed E-state index contributed by atoms with van der Waals surface area (Å²) in [5.41, 5.74) is 0. The van der Waals surface area contributed by atoms with Crippen molar-refractivity contribution in [2.75, 3.05) is 0 Å². The van der Waals surface area contributed by atoms with Gasteiger partial charge >= 0.3 is 0 Å². The number of carbonyl (C=O) groups is 1. The topological polar surface area (TPSA) is 26.3 Å². The fraction of sp³-hybridized carbons (Fsp3) is 0.500. The van der Waals surface area contributed by atoms with Crippen molar-refractivity contribution in [3.8, 4) is 0 Å². The van der Waals surface area contributed by atoms with Crippen LogP contribution in [-0.4, -0.2) is 6.47 Å². The van der Waals surface area contributed by atoms with E-state index in [0.29, 0.717) is 6.47 Å². The molecule has 0 aromatic heterocycles. The summed E-state index contributed by atoms with van der Waals surface area (Å²) in [5.74, 6) is 0. The summed E-state index contributed by atoms with van der Waals surface area (Å²) in [6.45, 7) is 2.47. The number of hydrogen-bond acceptors (Lipinski definition) is 2. The smallest absolute Gasteiger partial charge is 0.297 e. The zero-order chi connectivity index (χ0) is 6.24. The van der Waals surface area contributed by atoms with E-state index < -0.39 is 0 Å². The Kier molecular flexibility index (Phi) is 5.60. The third-order valence-corrected chi connectivity index (χ3v) is 0.686. The van der Waals surface area contributed by atoms with Crippen molar-refractivity contribution < 1.29 is 9.53 Å². The lowest BCUT2D eigenvalue weighted by Gasteiger charge is -1.82. The van der Waals surface area contributed by atoms with E-state index in [1.807, 2.05) is 6.08 Å². The Morgan fingerprint density at radius 3 is 2.88 bits per heavy atom. The van der Waals surface area contributed by atoms with E-state index in [1.165, 1.54) is 6.26 Å². The first-order chi connectivity index (χ1) is 3.91. The van der Waals surface area contributed by atoms with Gasteiger partial charge in [-0.2, -0.15) is 0 Å². The normalized spacial score (nSPS) is 9.62. The number of unbranched alkanes of at least 4 members (excludes halogenated alkanes) is 1. The van der Waals surface area contributed by atoms with Crippen LogP contribution in [0, 0.1) is 0 Å². The molecule has 2 nitrogen and oxygen atoms in total. The molecule has 0 bridgehead atoms. The first-order valence-electron chi connectivity index (χ1n) is 2.66. The average Bonchev–Trinajstić information content (AvgIpc) is 1.81. The molecule has 0 aliphatic rings. The fourth-order valence-corrected chi connectivity index (χ4v) is 0.322. The van der Waals surface area contributed by atoms with Gasteiger partial charge in [0.1, 0.15) is 0 Å².